The highest BCUT2D eigenvalue weighted by molar-refractivity contribution is 5.96. The SMILES string of the molecule is CC(C)(C)NCCC(=O)c1cc(F)cc(F)c1. The van der Waals surface area contributed by atoms with Crippen molar-refractivity contribution in [2.75, 3.05) is 6.54 Å². The number of Topliss-reactive ketones (excluding diaryl/α,β-unsaturated/α-hetero) is 1. The number of hydrogen-bond acceptors (Lipinski definition) is 2. The summed E-state index contributed by atoms with van der Waals surface area (Å²) in [4.78, 5) is 11.7. The second-order valence-corrected chi connectivity index (χ2v) is 5.01. The second-order valence-electron chi connectivity index (χ2n) is 5.01. The lowest BCUT2D eigenvalue weighted by Crippen LogP contribution is -2.37. The first kappa shape index (κ1) is 13.8. The maximum atomic E-state index is 12.9. The minimum Gasteiger partial charge on any atom is -0.312 e. The molecule has 2 nitrogen and oxygen atoms in total. The normalized spacial score (nSPS) is 11.6. The van der Waals surface area contributed by atoms with Gasteiger partial charge in [0.2, 0.25) is 0 Å². The second kappa shape index (κ2) is 5.36. The molecular formula is C13H17F2NO. The Kier molecular flexibility index (Phi) is 4.34. The van der Waals surface area contributed by atoms with Crippen molar-refractivity contribution in [2.24, 2.45) is 0 Å². The lowest BCUT2D eigenvalue weighted by molar-refractivity contribution is 0.0979. The molecule has 0 atom stereocenters. The molecule has 4 heteroatoms. The Balaban J connectivity index is 2.58. The minimum atomic E-state index is -0.725. The lowest BCUT2D eigenvalue weighted by atomic mass is 10.1. The molecule has 0 saturated carbocycles. The third-order valence-electron chi connectivity index (χ3n) is 2.19. The maximum Gasteiger partial charge on any atom is 0.164 e. The zero-order chi connectivity index (χ0) is 13.1. The van der Waals surface area contributed by atoms with Crippen molar-refractivity contribution in [3.05, 3.63) is 35.4 Å². The molecule has 0 saturated heterocycles. The van der Waals surface area contributed by atoms with Crippen molar-refractivity contribution < 1.29 is 13.6 Å². The quantitative estimate of drug-likeness (QED) is 0.821. The van der Waals surface area contributed by atoms with Crippen LogP contribution in [0.1, 0.15) is 37.6 Å². The average Bonchev–Trinajstić information content (AvgIpc) is 2.13. The molecule has 0 aliphatic heterocycles. The summed E-state index contributed by atoms with van der Waals surface area (Å²) in [5.74, 6) is -1.71. The van der Waals surface area contributed by atoms with Gasteiger partial charge in [0.15, 0.2) is 5.78 Å². The monoisotopic (exact) mass is 241 g/mol. The van der Waals surface area contributed by atoms with Crippen molar-refractivity contribution in [3.8, 4) is 0 Å². The molecule has 0 aliphatic carbocycles. The molecule has 0 amide bonds. The standard InChI is InChI=1S/C13H17F2NO/c1-13(2,3)16-5-4-12(17)9-6-10(14)8-11(15)7-9/h6-8,16H,4-5H2,1-3H3. The number of carbonyl (C=O) groups is 1. The summed E-state index contributed by atoms with van der Waals surface area (Å²) < 4.78 is 25.8. The molecule has 0 radical (unpaired) electrons. The molecule has 1 rings (SSSR count). The Bertz CT molecular complexity index is 390. The third kappa shape index (κ3) is 5.04. The average molecular weight is 241 g/mol. The number of rotatable bonds is 4. The molecule has 0 aromatic heterocycles. The van der Waals surface area contributed by atoms with Crippen LogP contribution in [0.5, 0.6) is 0 Å². The number of carbonyl (C=O) groups excluding carboxylic acids is 1. The molecule has 0 unspecified atom stereocenters. The predicted molar refractivity (Wildman–Crippen MR) is 63.1 cm³/mol. The maximum absolute atomic E-state index is 12.9. The van der Waals surface area contributed by atoms with Crippen LogP contribution in [0.3, 0.4) is 0 Å². The van der Waals surface area contributed by atoms with E-state index in [0.29, 0.717) is 6.54 Å². The van der Waals surface area contributed by atoms with Crippen molar-refractivity contribution in [2.45, 2.75) is 32.7 Å². The van der Waals surface area contributed by atoms with Crippen molar-refractivity contribution >= 4 is 5.78 Å². The van der Waals surface area contributed by atoms with E-state index in [1.807, 2.05) is 20.8 Å². The van der Waals surface area contributed by atoms with Crippen LogP contribution in [0.4, 0.5) is 8.78 Å². The van der Waals surface area contributed by atoms with E-state index in [1.165, 1.54) is 0 Å². The molecule has 0 spiro atoms. The van der Waals surface area contributed by atoms with Gasteiger partial charge in [-0.25, -0.2) is 8.78 Å². The lowest BCUT2D eigenvalue weighted by Gasteiger charge is -2.20. The van der Waals surface area contributed by atoms with Crippen LogP contribution in [0, 0.1) is 11.6 Å². The van der Waals surface area contributed by atoms with E-state index >= 15 is 0 Å². The summed E-state index contributed by atoms with van der Waals surface area (Å²) in [6, 6.07) is 2.87. The summed E-state index contributed by atoms with van der Waals surface area (Å²) in [7, 11) is 0. The molecule has 17 heavy (non-hydrogen) atoms. The highest BCUT2D eigenvalue weighted by Gasteiger charge is 2.12. The van der Waals surface area contributed by atoms with Crippen LogP contribution in [-0.2, 0) is 0 Å². The van der Waals surface area contributed by atoms with E-state index in [4.69, 9.17) is 0 Å². The Hall–Kier alpha value is -1.29. The summed E-state index contributed by atoms with van der Waals surface area (Å²) in [6.07, 6.45) is 0.222. The largest absolute Gasteiger partial charge is 0.312 e. The van der Waals surface area contributed by atoms with Gasteiger partial charge in [0, 0.05) is 30.1 Å². The fourth-order valence-corrected chi connectivity index (χ4v) is 1.41. The Morgan fingerprint density at radius 3 is 2.18 bits per heavy atom. The first-order valence-electron chi connectivity index (χ1n) is 5.52. The van der Waals surface area contributed by atoms with Gasteiger partial charge in [-0.1, -0.05) is 0 Å². The molecule has 1 aromatic rings. The summed E-state index contributed by atoms with van der Waals surface area (Å²) >= 11 is 0. The molecular weight excluding hydrogens is 224 g/mol. The van der Waals surface area contributed by atoms with Gasteiger partial charge in [0.05, 0.1) is 0 Å². The zero-order valence-corrected chi connectivity index (χ0v) is 10.3. The van der Waals surface area contributed by atoms with Crippen LogP contribution in [0.2, 0.25) is 0 Å². The molecule has 1 N–H and O–H groups in total. The van der Waals surface area contributed by atoms with E-state index in [9.17, 15) is 13.6 Å². The van der Waals surface area contributed by atoms with Gasteiger partial charge < -0.3 is 5.32 Å². The predicted octanol–water partition coefficient (Wildman–Crippen LogP) is 2.93. The first-order chi connectivity index (χ1) is 7.78. The van der Waals surface area contributed by atoms with E-state index in [2.05, 4.69) is 5.32 Å². The summed E-state index contributed by atoms with van der Waals surface area (Å²) in [5, 5.41) is 3.14. The summed E-state index contributed by atoms with van der Waals surface area (Å²) in [5.41, 5.74) is 0.00575. The topological polar surface area (TPSA) is 29.1 Å². The van der Waals surface area contributed by atoms with Gasteiger partial charge in [-0.05, 0) is 32.9 Å². The van der Waals surface area contributed by atoms with Gasteiger partial charge >= 0.3 is 0 Å². The van der Waals surface area contributed by atoms with Crippen molar-refractivity contribution in [3.63, 3.8) is 0 Å². The Labute approximate surface area is 100 Å². The van der Waals surface area contributed by atoms with Crippen molar-refractivity contribution in [1.82, 2.24) is 5.32 Å². The number of ketones is 1. The number of nitrogens with one attached hydrogen (secondary N) is 1. The number of benzene rings is 1. The fraction of sp³-hybridized carbons (Fsp3) is 0.462. The first-order valence-corrected chi connectivity index (χ1v) is 5.52. The fourth-order valence-electron chi connectivity index (χ4n) is 1.41. The van der Waals surface area contributed by atoms with E-state index in [1.54, 1.807) is 0 Å². The third-order valence-corrected chi connectivity index (χ3v) is 2.19. The van der Waals surface area contributed by atoms with E-state index in [0.717, 1.165) is 18.2 Å². The molecule has 94 valence electrons. The Morgan fingerprint density at radius 1 is 1.18 bits per heavy atom. The highest BCUT2D eigenvalue weighted by atomic mass is 19.1. The van der Waals surface area contributed by atoms with Crippen LogP contribution in [0.25, 0.3) is 0 Å². The van der Waals surface area contributed by atoms with Gasteiger partial charge in [-0.15, -0.1) is 0 Å². The van der Waals surface area contributed by atoms with Crippen LogP contribution in [-0.4, -0.2) is 17.9 Å². The zero-order valence-electron chi connectivity index (χ0n) is 10.3. The Morgan fingerprint density at radius 2 is 1.71 bits per heavy atom. The van der Waals surface area contributed by atoms with E-state index < -0.39 is 11.6 Å². The number of halogens is 2. The molecule has 0 bridgehead atoms. The van der Waals surface area contributed by atoms with Crippen molar-refractivity contribution in [1.29, 1.82) is 0 Å². The van der Waals surface area contributed by atoms with Crippen LogP contribution in [0.15, 0.2) is 18.2 Å². The van der Waals surface area contributed by atoms with Crippen LogP contribution < -0.4 is 5.32 Å². The number of hydrogen-bond donors (Lipinski definition) is 1. The smallest absolute Gasteiger partial charge is 0.164 e. The van der Waals surface area contributed by atoms with E-state index in [-0.39, 0.29) is 23.3 Å². The van der Waals surface area contributed by atoms with Gasteiger partial charge in [0.25, 0.3) is 0 Å². The highest BCUT2D eigenvalue weighted by Crippen LogP contribution is 2.10. The molecule has 0 fully saturated rings. The van der Waals surface area contributed by atoms with Gasteiger partial charge in [0.1, 0.15) is 11.6 Å². The molecule has 0 heterocycles. The minimum absolute atomic E-state index is 0.0759. The van der Waals surface area contributed by atoms with Gasteiger partial charge in [-0.2, -0.15) is 0 Å². The summed E-state index contributed by atoms with van der Waals surface area (Å²) in [6.45, 7) is 6.44. The van der Waals surface area contributed by atoms with Crippen LogP contribution >= 0.6 is 0 Å². The van der Waals surface area contributed by atoms with Gasteiger partial charge in [-0.3, -0.25) is 4.79 Å². The molecule has 1 aromatic carbocycles. The molecule has 0 aliphatic rings.